The van der Waals surface area contributed by atoms with Gasteiger partial charge in [-0.1, -0.05) is 13.0 Å². The zero-order chi connectivity index (χ0) is 25.3. The number of hydrogen-bond acceptors (Lipinski definition) is 9. The Kier molecular flexibility index (Phi) is 5.74. The van der Waals surface area contributed by atoms with E-state index in [0.29, 0.717) is 17.5 Å². The van der Waals surface area contributed by atoms with E-state index < -0.39 is 64.4 Å². The molecule has 0 bridgehead atoms. The van der Waals surface area contributed by atoms with Gasteiger partial charge in [0, 0.05) is 18.0 Å². The van der Waals surface area contributed by atoms with E-state index in [-0.39, 0.29) is 30.7 Å². The minimum atomic E-state index is -2.72. The zero-order valence-corrected chi connectivity index (χ0v) is 19.3. The summed E-state index contributed by atoms with van der Waals surface area (Å²) in [6, 6.07) is 0.636. The van der Waals surface area contributed by atoms with Crippen LogP contribution in [-0.2, 0) is 38.6 Å². The smallest absolute Gasteiger partial charge is 0.235 e. The van der Waals surface area contributed by atoms with Crippen LogP contribution < -0.4 is 11.5 Å². The quantitative estimate of drug-likeness (QED) is 0.396. The molecule has 1 aromatic carbocycles. The lowest BCUT2D eigenvalue weighted by atomic mass is 9.52. The Labute approximate surface area is 196 Å². The molecule has 10 nitrogen and oxygen atoms in total. The monoisotopic (exact) mass is 471 g/mol. The maximum absolute atomic E-state index is 13.7. The van der Waals surface area contributed by atoms with Crippen molar-refractivity contribution in [1.82, 2.24) is 4.90 Å². The fraction of sp³-hybridized carbons (Fsp3) is 0.542. The molecule has 0 spiro atoms. The SMILES string of the molecule is CCc1cc(CN)c(O)c2c1C[C@@H]1C[C@@H]3[C@@H](N(C)C)C(=O)C(C(N)=O)C(=O)[C@]3(O)C(=O)C1C2=O. The fourth-order valence-corrected chi connectivity index (χ4v) is 6.28. The first-order valence-electron chi connectivity index (χ1n) is 11.3. The van der Waals surface area contributed by atoms with Crippen LogP contribution in [0.15, 0.2) is 6.07 Å². The Morgan fingerprint density at radius 3 is 2.35 bits per heavy atom. The number of aliphatic hydroxyl groups is 1. The van der Waals surface area contributed by atoms with Gasteiger partial charge in [0.1, 0.15) is 5.75 Å². The molecule has 6 atom stereocenters. The van der Waals surface area contributed by atoms with Gasteiger partial charge in [-0.2, -0.15) is 0 Å². The minimum absolute atomic E-state index is 0.00797. The Balaban J connectivity index is 1.90. The average molecular weight is 472 g/mol. The zero-order valence-electron chi connectivity index (χ0n) is 19.3. The normalized spacial score (nSPS) is 32.9. The number of rotatable bonds is 4. The summed E-state index contributed by atoms with van der Waals surface area (Å²) in [7, 11) is 3.10. The first-order valence-corrected chi connectivity index (χ1v) is 11.3. The Morgan fingerprint density at radius 2 is 1.82 bits per heavy atom. The summed E-state index contributed by atoms with van der Waals surface area (Å²) in [5.41, 5.74) is 10.1. The predicted molar refractivity (Wildman–Crippen MR) is 119 cm³/mol. The number of nitrogens with zero attached hydrogens (tertiary/aromatic N) is 1. The Bertz CT molecular complexity index is 1140. The second-order valence-corrected chi connectivity index (χ2v) is 9.74. The summed E-state index contributed by atoms with van der Waals surface area (Å²) >= 11 is 0. The third-order valence-corrected chi connectivity index (χ3v) is 7.83. The van der Waals surface area contributed by atoms with Crippen molar-refractivity contribution in [3.63, 3.8) is 0 Å². The number of hydrogen-bond donors (Lipinski definition) is 4. The molecule has 182 valence electrons. The lowest BCUT2D eigenvalue weighted by Gasteiger charge is -2.52. The summed E-state index contributed by atoms with van der Waals surface area (Å²) in [6.45, 7) is 1.89. The fourth-order valence-electron chi connectivity index (χ4n) is 6.28. The van der Waals surface area contributed by atoms with Crippen LogP contribution in [0, 0.1) is 23.7 Å². The highest BCUT2D eigenvalue weighted by Crippen LogP contribution is 2.51. The molecule has 1 aromatic rings. The van der Waals surface area contributed by atoms with E-state index in [1.165, 1.54) is 4.90 Å². The van der Waals surface area contributed by atoms with Gasteiger partial charge in [0.2, 0.25) is 5.91 Å². The van der Waals surface area contributed by atoms with Crippen LogP contribution in [-0.4, -0.2) is 69.9 Å². The van der Waals surface area contributed by atoms with Gasteiger partial charge < -0.3 is 21.7 Å². The number of carbonyl (C=O) groups excluding carboxylic acids is 5. The third kappa shape index (κ3) is 3.02. The largest absolute Gasteiger partial charge is 0.507 e. The molecule has 3 aliphatic carbocycles. The van der Waals surface area contributed by atoms with Crippen LogP contribution in [0.2, 0.25) is 0 Å². The van der Waals surface area contributed by atoms with Crippen LogP contribution in [0.4, 0.5) is 0 Å². The van der Waals surface area contributed by atoms with Gasteiger partial charge >= 0.3 is 0 Å². The number of likely N-dealkylation sites (N-methyl/N-ethyl adjacent to an activating group) is 1. The summed E-state index contributed by atoms with van der Waals surface area (Å²) in [4.78, 5) is 67.1. The number of benzene rings is 1. The second kappa shape index (κ2) is 8.07. The molecule has 0 aromatic heterocycles. The van der Waals surface area contributed by atoms with Crippen molar-refractivity contribution in [3.05, 3.63) is 28.3 Å². The summed E-state index contributed by atoms with van der Waals surface area (Å²) in [5, 5.41) is 22.3. The molecule has 6 N–H and O–H groups in total. The number of carbonyl (C=O) groups is 5. The van der Waals surface area contributed by atoms with Crippen LogP contribution in [0.5, 0.6) is 5.75 Å². The van der Waals surface area contributed by atoms with Crippen LogP contribution in [0.3, 0.4) is 0 Å². The molecule has 34 heavy (non-hydrogen) atoms. The molecule has 4 rings (SSSR count). The van der Waals surface area contributed by atoms with Crippen molar-refractivity contribution in [2.45, 2.75) is 44.4 Å². The van der Waals surface area contributed by atoms with Crippen molar-refractivity contribution in [2.24, 2.45) is 35.1 Å². The number of Topliss-reactive ketones (excluding diaryl/α,β-unsaturated/α-hetero) is 4. The standard InChI is InChI=1S/C24H29N3O7/c1-4-9-5-11(8-25)18(28)15-12(9)6-10-7-13-17(27(2)3)20(30)16(23(26)33)22(32)24(13,34)21(31)14(10)19(15)29/h5,10,13-14,16-17,28,34H,4,6-8,25H2,1-3H3,(H2,26,33)/t10-,13-,14?,16?,17-,24-/m1/s1. The van der Waals surface area contributed by atoms with Crippen molar-refractivity contribution in [3.8, 4) is 5.75 Å². The Morgan fingerprint density at radius 1 is 1.18 bits per heavy atom. The van der Waals surface area contributed by atoms with Crippen LogP contribution >= 0.6 is 0 Å². The van der Waals surface area contributed by atoms with E-state index in [0.717, 1.165) is 5.56 Å². The highest BCUT2D eigenvalue weighted by Gasteiger charge is 2.69. The molecule has 3 aliphatic rings. The summed E-state index contributed by atoms with van der Waals surface area (Å²) in [5.74, 6) is -10.4. The number of amides is 1. The molecule has 0 radical (unpaired) electrons. The van der Waals surface area contributed by atoms with Crippen molar-refractivity contribution < 1.29 is 34.2 Å². The molecule has 2 saturated carbocycles. The first kappa shape index (κ1) is 24.2. The lowest BCUT2D eigenvalue weighted by Crippen LogP contribution is -2.74. The first-order chi connectivity index (χ1) is 15.9. The number of ketones is 4. The molecule has 0 aliphatic heterocycles. The van der Waals surface area contributed by atoms with Crippen molar-refractivity contribution in [2.75, 3.05) is 14.1 Å². The van der Waals surface area contributed by atoms with E-state index >= 15 is 0 Å². The number of primary amides is 1. The number of phenolic OH excluding ortho intramolecular Hbond substituents is 1. The number of phenols is 1. The van der Waals surface area contributed by atoms with Gasteiger partial charge in [-0.05, 0) is 50.4 Å². The highest BCUT2D eigenvalue weighted by atomic mass is 16.3. The van der Waals surface area contributed by atoms with Gasteiger partial charge in [-0.3, -0.25) is 28.9 Å². The number of fused-ring (bicyclic) bond motifs is 3. The number of aromatic hydroxyl groups is 1. The van der Waals surface area contributed by atoms with Crippen molar-refractivity contribution >= 4 is 29.0 Å². The maximum atomic E-state index is 13.7. The lowest BCUT2D eigenvalue weighted by molar-refractivity contribution is -0.181. The molecule has 2 unspecified atom stereocenters. The highest BCUT2D eigenvalue weighted by molar-refractivity contribution is 6.32. The van der Waals surface area contributed by atoms with E-state index in [4.69, 9.17) is 11.5 Å². The van der Waals surface area contributed by atoms with E-state index in [1.54, 1.807) is 20.2 Å². The second-order valence-electron chi connectivity index (χ2n) is 9.74. The van der Waals surface area contributed by atoms with Crippen LogP contribution in [0.1, 0.15) is 40.4 Å². The van der Waals surface area contributed by atoms with E-state index in [9.17, 15) is 34.2 Å². The molecule has 0 saturated heterocycles. The minimum Gasteiger partial charge on any atom is -0.507 e. The maximum Gasteiger partial charge on any atom is 0.235 e. The van der Waals surface area contributed by atoms with E-state index in [2.05, 4.69) is 0 Å². The Hall–Kier alpha value is -2.95. The average Bonchev–Trinajstić information content (AvgIpc) is 2.76. The number of aryl methyl sites for hydroxylation is 1. The molecule has 10 heteroatoms. The van der Waals surface area contributed by atoms with Gasteiger partial charge in [-0.25, -0.2) is 0 Å². The summed E-state index contributed by atoms with van der Waals surface area (Å²) in [6.07, 6.45) is 0.860. The predicted octanol–water partition coefficient (Wildman–Crippen LogP) is -1.11. The van der Waals surface area contributed by atoms with Gasteiger partial charge in [0.25, 0.3) is 0 Å². The van der Waals surface area contributed by atoms with Crippen molar-refractivity contribution in [1.29, 1.82) is 0 Å². The van der Waals surface area contributed by atoms with Gasteiger partial charge in [0.05, 0.1) is 17.5 Å². The summed E-state index contributed by atoms with van der Waals surface area (Å²) < 4.78 is 0. The van der Waals surface area contributed by atoms with Gasteiger partial charge in [0.15, 0.2) is 34.7 Å². The topological polar surface area (TPSA) is 181 Å². The molecule has 1 amide bonds. The number of nitrogens with two attached hydrogens (primary N) is 2. The van der Waals surface area contributed by atoms with Gasteiger partial charge in [-0.15, -0.1) is 0 Å². The molecular formula is C24H29N3O7. The molecular weight excluding hydrogens is 442 g/mol. The third-order valence-electron chi connectivity index (χ3n) is 7.83. The van der Waals surface area contributed by atoms with E-state index in [1.807, 2.05) is 6.92 Å². The molecule has 0 heterocycles. The van der Waals surface area contributed by atoms with Crippen LogP contribution in [0.25, 0.3) is 0 Å². The molecule has 2 fully saturated rings.